The third-order valence-corrected chi connectivity index (χ3v) is 8.78. The van der Waals surface area contributed by atoms with Crippen LogP contribution in [0.5, 0.6) is 0 Å². The number of hydrogen-bond donors (Lipinski definition) is 6. The minimum atomic E-state index is -2.53. The minimum absolute atomic E-state index is 0.147. The van der Waals surface area contributed by atoms with Gasteiger partial charge in [0.05, 0.1) is 17.5 Å². The van der Waals surface area contributed by atoms with Gasteiger partial charge in [-0.3, -0.25) is 9.69 Å². The van der Waals surface area contributed by atoms with Gasteiger partial charge in [0.1, 0.15) is 29.9 Å². The number of likely N-dealkylation sites (N-methyl/N-ethyl adjacent to an activating group) is 1. The van der Waals surface area contributed by atoms with Crippen molar-refractivity contribution in [2.45, 2.75) is 86.3 Å². The molecule has 1 amide bonds. The van der Waals surface area contributed by atoms with Crippen LogP contribution in [0.15, 0.2) is 30.3 Å². The number of thioether (sulfide) groups is 1. The SMILES string of the molecule is CCC[C@@H]1C[C@@H](C(=O)N[C@@H]([C@H]2O[C@H](SC)[C@H](O)[C@@H](O)[C@H]2O)[C@H](C)Cl)N(C)C1.O=[P+](O)C(O)c1ccccc1. The first-order valence-electron chi connectivity index (χ1n) is 12.7. The second-order valence-corrected chi connectivity index (χ2v) is 12.5. The number of rotatable bonds is 9. The Bertz CT molecular complexity index is 886. The zero-order valence-corrected chi connectivity index (χ0v) is 24.6. The molecule has 3 rings (SSSR count). The van der Waals surface area contributed by atoms with Crippen LogP contribution >= 0.6 is 31.4 Å². The Morgan fingerprint density at radius 1 is 1.24 bits per heavy atom. The van der Waals surface area contributed by atoms with Crippen molar-refractivity contribution < 1.29 is 39.4 Å². The van der Waals surface area contributed by atoms with Gasteiger partial charge in [0.25, 0.3) is 0 Å². The number of nitrogens with zero attached hydrogens (tertiary/aromatic N) is 1. The third kappa shape index (κ3) is 8.83. The van der Waals surface area contributed by atoms with Crippen molar-refractivity contribution in [1.82, 2.24) is 10.2 Å². The number of aliphatic hydroxyl groups is 4. The van der Waals surface area contributed by atoms with Crippen molar-refractivity contribution in [3.8, 4) is 0 Å². The summed E-state index contributed by atoms with van der Waals surface area (Å²) in [5.74, 6) is -0.908. The lowest BCUT2D eigenvalue weighted by molar-refractivity contribution is -0.205. The zero-order chi connectivity index (χ0) is 28.6. The van der Waals surface area contributed by atoms with Crippen LogP contribution in [0.1, 0.15) is 44.5 Å². The molecule has 38 heavy (non-hydrogen) atoms. The van der Waals surface area contributed by atoms with Gasteiger partial charge in [-0.05, 0) is 43.6 Å². The standard InChI is InChI=1S/C18H33ClN2O5S.C7H7O3P/c1-5-6-10-7-11(21(3)8-10)17(25)20-12(9(2)19)16-14(23)13(22)15(24)18(26-16)27-4;8-7(11(9)10)6-4-2-1-3-5-6/h9-16,18,22-24H,5-8H2,1-4H3,(H,20,25);1-5,7-8H/p+1/t9-,10+,11-,12+,13-,14+,15+,16+,18+;/m0./s1. The quantitative estimate of drug-likeness (QED) is 0.183. The maximum absolute atomic E-state index is 12.9. The highest BCUT2D eigenvalue weighted by Crippen LogP contribution is 2.34. The lowest BCUT2D eigenvalue weighted by Crippen LogP contribution is -2.65. The van der Waals surface area contributed by atoms with Crippen molar-refractivity contribution in [2.24, 2.45) is 5.92 Å². The first-order chi connectivity index (χ1) is 17.9. The molecule has 2 unspecified atom stereocenters. The number of hydrogen-bond acceptors (Lipinski definition) is 9. The Hall–Kier alpha value is -0.850. The molecule has 0 saturated carbocycles. The van der Waals surface area contributed by atoms with Crippen LogP contribution in [0.3, 0.4) is 0 Å². The molecule has 10 nitrogen and oxygen atoms in total. The average Bonchev–Trinajstić information content (AvgIpc) is 3.26. The molecule has 2 saturated heterocycles. The number of alkyl halides is 1. The Balaban J connectivity index is 0.000000384. The summed E-state index contributed by atoms with van der Waals surface area (Å²) < 4.78 is 16.2. The molecular weight excluding hydrogens is 555 g/mol. The van der Waals surface area contributed by atoms with Crippen LogP contribution in [0.25, 0.3) is 0 Å². The molecule has 2 aliphatic heterocycles. The summed E-state index contributed by atoms with van der Waals surface area (Å²) >= 11 is 7.55. The van der Waals surface area contributed by atoms with Crippen molar-refractivity contribution >= 4 is 37.3 Å². The Morgan fingerprint density at radius 3 is 2.39 bits per heavy atom. The second-order valence-electron chi connectivity index (χ2n) is 9.82. The maximum Gasteiger partial charge on any atom is 0.542 e. The van der Waals surface area contributed by atoms with Gasteiger partial charge in [-0.1, -0.05) is 43.7 Å². The van der Waals surface area contributed by atoms with Crippen LogP contribution in [-0.4, -0.2) is 103 Å². The van der Waals surface area contributed by atoms with Gasteiger partial charge in [-0.2, -0.15) is 4.89 Å². The van der Waals surface area contributed by atoms with Crippen LogP contribution in [-0.2, 0) is 14.1 Å². The fourth-order valence-electron chi connectivity index (χ4n) is 4.87. The largest absolute Gasteiger partial charge is 0.542 e. The van der Waals surface area contributed by atoms with Gasteiger partial charge >= 0.3 is 13.9 Å². The molecule has 11 atom stereocenters. The van der Waals surface area contributed by atoms with Gasteiger partial charge in [-0.15, -0.1) is 23.4 Å². The van der Waals surface area contributed by atoms with Crippen molar-refractivity contribution in [3.05, 3.63) is 35.9 Å². The summed E-state index contributed by atoms with van der Waals surface area (Å²) in [6.45, 7) is 4.74. The van der Waals surface area contributed by atoms with E-state index >= 15 is 0 Å². The number of carbonyl (C=O) groups is 1. The van der Waals surface area contributed by atoms with E-state index in [2.05, 4.69) is 12.2 Å². The van der Waals surface area contributed by atoms with Gasteiger partial charge in [-0.25, -0.2) is 0 Å². The predicted octanol–water partition coefficient (Wildman–Crippen LogP) is 1.80. The van der Waals surface area contributed by atoms with Gasteiger partial charge in [0.15, 0.2) is 0 Å². The summed E-state index contributed by atoms with van der Waals surface area (Å²) in [5.41, 5.74) is -0.234. The molecule has 2 aliphatic rings. The highest BCUT2D eigenvalue weighted by molar-refractivity contribution is 7.99. The Morgan fingerprint density at radius 2 is 1.87 bits per heavy atom. The maximum atomic E-state index is 12.9. The van der Waals surface area contributed by atoms with E-state index in [-0.39, 0.29) is 11.9 Å². The van der Waals surface area contributed by atoms with Crippen molar-refractivity contribution in [1.29, 1.82) is 0 Å². The number of carbonyl (C=O) groups excluding carboxylic acids is 1. The molecule has 1 aromatic carbocycles. The van der Waals surface area contributed by atoms with E-state index < -0.39 is 55.1 Å². The Labute approximate surface area is 234 Å². The number of halogens is 1. The summed E-state index contributed by atoms with van der Waals surface area (Å²) in [5, 5.41) is 42.1. The number of ether oxygens (including phenoxy) is 1. The molecule has 0 aromatic heterocycles. The highest BCUT2D eigenvalue weighted by Gasteiger charge is 2.48. The average molecular weight is 596 g/mol. The lowest BCUT2D eigenvalue weighted by Gasteiger charge is -2.44. The molecule has 2 heterocycles. The molecule has 13 heteroatoms. The fraction of sp³-hybridized carbons (Fsp3) is 0.720. The highest BCUT2D eigenvalue weighted by atomic mass is 35.5. The van der Waals surface area contributed by atoms with Crippen LogP contribution in [0.2, 0.25) is 0 Å². The van der Waals surface area contributed by atoms with E-state index in [9.17, 15) is 24.7 Å². The summed E-state index contributed by atoms with van der Waals surface area (Å²) in [4.78, 5) is 23.5. The molecule has 6 N–H and O–H groups in total. The third-order valence-electron chi connectivity index (χ3n) is 6.94. The lowest BCUT2D eigenvalue weighted by atomic mass is 9.92. The monoisotopic (exact) mass is 595 g/mol. The van der Waals surface area contributed by atoms with Gasteiger partial charge in [0.2, 0.25) is 5.91 Å². The first kappa shape index (κ1) is 33.4. The topological polar surface area (TPSA) is 160 Å². The molecule has 216 valence electrons. The van der Waals surface area contributed by atoms with E-state index in [4.69, 9.17) is 26.3 Å². The van der Waals surface area contributed by atoms with Gasteiger partial charge in [0, 0.05) is 12.1 Å². The fourth-order valence-corrected chi connectivity index (χ4v) is 6.18. The van der Waals surface area contributed by atoms with Crippen LogP contribution in [0.4, 0.5) is 0 Å². The van der Waals surface area contributed by atoms with E-state index in [1.807, 2.05) is 11.9 Å². The van der Waals surface area contributed by atoms with E-state index in [0.29, 0.717) is 11.5 Å². The summed E-state index contributed by atoms with van der Waals surface area (Å²) in [7, 11) is -0.593. The van der Waals surface area contributed by atoms with Crippen molar-refractivity contribution in [2.75, 3.05) is 19.8 Å². The van der Waals surface area contributed by atoms with E-state index in [0.717, 1.165) is 25.8 Å². The number of likely N-dealkylation sites (tertiary alicyclic amines) is 1. The molecule has 1 aromatic rings. The molecule has 0 aliphatic carbocycles. The molecule has 0 spiro atoms. The summed E-state index contributed by atoms with van der Waals surface area (Å²) in [6.07, 6.45) is -0.0980. The normalized spacial score (nSPS) is 32.5. The molecule has 2 fully saturated rings. The smallest absolute Gasteiger partial charge is 0.388 e. The van der Waals surface area contributed by atoms with E-state index in [1.165, 1.54) is 11.8 Å². The first-order valence-corrected chi connectivity index (χ1v) is 15.7. The van der Waals surface area contributed by atoms with Crippen LogP contribution in [0, 0.1) is 5.92 Å². The second kappa shape index (κ2) is 15.8. The number of amides is 1. The van der Waals surface area contributed by atoms with Crippen LogP contribution < -0.4 is 5.32 Å². The number of benzene rings is 1. The van der Waals surface area contributed by atoms with E-state index in [1.54, 1.807) is 43.5 Å². The number of nitrogens with one attached hydrogen (secondary N) is 1. The summed E-state index contributed by atoms with van der Waals surface area (Å²) in [6, 6.07) is 7.47. The molecule has 0 bridgehead atoms. The molecule has 0 radical (unpaired) electrons. The molecular formula is C25H41ClN2O8PS+. The predicted molar refractivity (Wildman–Crippen MR) is 148 cm³/mol. The minimum Gasteiger partial charge on any atom is -0.388 e. The Kier molecular flexibility index (Phi) is 13.9. The zero-order valence-electron chi connectivity index (χ0n) is 22.1. The van der Waals surface area contributed by atoms with Crippen molar-refractivity contribution in [3.63, 3.8) is 0 Å². The van der Waals surface area contributed by atoms with Gasteiger partial charge < -0.3 is 30.5 Å². The number of aliphatic hydroxyl groups excluding tert-OH is 4.